The Bertz CT molecular complexity index is 859. The van der Waals surface area contributed by atoms with E-state index >= 15 is 0 Å². The zero-order valence-electron chi connectivity index (χ0n) is 20.3. The molecular weight excluding hydrogens is 396 g/mol. The van der Waals surface area contributed by atoms with E-state index in [1.165, 1.54) is 48.2 Å². The molecule has 174 valence electrons. The van der Waals surface area contributed by atoms with Crippen LogP contribution in [0.3, 0.4) is 0 Å². The maximum atomic E-state index is 6.72. The lowest BCUT2D eigenvalue weighted by molar-refractivity contribution is -0.0671. The predicted octanol–water partition coefficient (Wildman–Crippen LogP) is 4.94. The van der Waals surface area contributed by atoms with E-state index in [9.17, 15) is 0 Å². The second-order valence-electron chi connectivity index (χ2n) is 9.79. The first-order valence-electron chi connectivity index (χ1n) is 12.4. The largest absolute Gasteiger partial charge is 0.490 e. The molecule has 1 fully saturated rings. The molecule has 0 spiro atoms. The number of fused-ring (bicyclic) bond motifs is 1. The molecule has 0 aliphatic carbocycles. The molecule has 0 unspecified atom stereocenters. The highest BCUT2D eigenvalue weighted by atomic mass is 16.5. The molecule has 2 aliphatic rings. The van der Waals surface area contributed by atoms with Crippen molar-refractivity contribution in [1.29, 1.82) is 0 Å². The van der Waals surface area contributed by atoms with Gasteiger partial charge in [-0.15, -0.1) is 0 Å². The Labute approximate surface area is 194 Å². The molecule has 0 aromatic heterocycles. The molecule has 1 N–H and O–H groups in total. The minimum atomic E-state index is 0.0972. The molecule has 1 saturated heterocycles. The van der Waals surface area contributed by atoms with Crippen LogP contribution in [0.15, 0.2) is 42.5 Å². The monoisotopic (exact) mass is 436 g/mol. The number of likely N-dealkylation sites (tertiary alicyclic amines) is 1. The Morgan fingerprint density at radius 3 is 2.53 bits per heavy atom. The fraction of sp³-hybridized carbons (Fsp3) is 0.571. The highest BCUT2D eigenvalue weighted by molar-refractivity contribution is 5.48. The molecule has 0 radical (unpaired) electrons. The van der Waals surface area contributed by atoms with E-state index in [0.29, 0.717) is 5.92 Å². The molecule has 2 aliphatic heterocycles. The SMILES string of the molecule is CNC[C@@H]1O[C@H](C2CCN(CCc3ccccc3)CC2)Cc2c1ccc(C)c2OC(C)C. The van der Waals surface area contributed by atoms with Crippen LogP contribution < -0.4 is 10.1 Å². The van der Waals surface area contributed by atoms with Crippen LogP contribution >= 0.6 is 0 Å². The smallest absolute Gasteiger partial charge is 0.126 e. The first kappa shape index (κ1) is 23.3. The fourth-order valence-corrected chi connectivity index (χ4v) is 5.31. The molecule has 2 aromatic rings. The molecule has 2 aromatic carbocycles. The second kappa shape index (κ2) is 10.8. The lowest BCUT2D eigenvalue weighted by atomic mass is 9.83. The molecular formula is C28H40N2O2. The Hall–Kier alpha value is -1.88. The van der Waals surface area contributed by atoms with Crippen molar-refractivity contribution in [1.82, 2.24) is 10.2 Å². The molecule has 4 heteroatoms. The maximum Gasteiger partial charge on any atom is 0.126 e. The minimum Gasteiger partial charge on any atom is -0.490 e. The zero-order valence-corrected chi connectivity index (χ0v) is 20.3. The molecule has 4 nitrogen and oxygen atoms in total. The van der Waals surface area contributed by atoms with Gasteiger partial charge < -0.3 is 19.7 Å². The summed E-state index contributed by atoms with van der Waals surface area (Å²) < 4.78 is 13.0. The summed E-state index contributed by atoms with van der Waals surface area (Å²) in [5.74, 6) is 1.70. The van der Waals surface area contributed by atoms with Crippen LogP contribution in [0.2, 0.25) is 0 Å². The number of rotatable bonds is 8. The summed E-state index contributed by atoms with van der Waals surface area (Å²) in [6, 6.07) is 15.3. The van der Waals surface area contributed by atoms with E-state index < -0.39 is 0 Å². The van der Waals surface area contributed by atoms with Gasteiger partial charge in [0.2, 0.25) is 0 Å². The van der Waals surface area contributed by atoms with Crippen molar-refractivity contribution >= 4 is 0 Å². The molecule has 0 saturated carbocycles. The van der Waals surface area contributed by atoms with Gasteiger partial charge in [0.1, 0.15) is 5.75 Å². The quantitative estimate of drug-likeness (QED) is 0.636. The van der Waals surface area contributed by atoms with Crippen molar-refractivity contribution in [3.8, 4) is 5.75 Å². The molecule has 0 amide bonds. The highest BCUT2D eigenvalue weighted by Gasteiger charge is 2.36. The Balaban J connectivity index is 1.42. The average molecular weight is 437 g/mol. The number of piperidine rings is 1. The lowest BCUT2D eigenvalue weighted by Crippen LogP contribution is -2.43. The third kappa shape index (κ3) is 5.54. The summed E-state index contributed by atoms with van der Waals surface area (Å²) >= 11 is 0. The normalized spacial score (nSPS) is 22.2. The van der Waals surface area contributed by atoms with Gasteiger partial charge in [-0.1, -0.05) is 42.5 Å². The Morgan fingerprint density at radius 2 is 1.84 bits per heavy atom. The van der Waals surface area contributed by atoms with E-state index in [2.05, 4.69) is 73.5 Å². The van der Waals surface area contributed by atoms with Gasteiger partial charge in [0.25, 0.3) is 0 Å². The minimum absolute atomic E-state index is 0.0972. The van der Waals surface area contributed by atoms with Gasteiger partial charge in [-0.05, 0) is 82.8 Å². The number of nitrogens with zero attached hydrogens (tertiary/aromatic N) is 1. The van der Waals surface area contributed by atoms with Crippen molar-refractivity contribution in [2.24, 2.45) is 5.92 Å². The number of hydrogen-bond donors (Lipinski definition) is 1. The van der Waals surface area contributed by atoms with Crippen LogP contribution in [0.4, 0.5) is 0 Å². The van der Waals surface area contributed by atoms with Crippen LogP contribution in [0.25, 0.3) is 0 Å². The van der Waals surface area contributed by atoms with E-state index in [4.69, 9.17) is 9.47 Å². The van der Waals surface area contributed by atoms with Crippen LogP contribution in [-0.2, 0) is 17.6 Å². The van der Waals surface area contributed by atoms with E-state index in [-0.39, 0.29) is 18.3 Å². The third-order valence-corrected chi connectivity index (χ3v) is 7.05. The van der Waals surface area contributed by atoms with Crippen LogP contribution in [0.1, 0.15) is 55.0 Å². The topological polar surface area (TPSA) is 33.7 Å². The summed E-state index contributed by atoms with van der Waals surface area (Å²) in [5.41, 5.74) is 5.35. The first-order chi connectivity index (χ1) is 15.5. The van der Waals surface area contributed by atoms with Gasteiger partial charge in [-0.25, -0.2) is 0 Å². The van der Waals surface area contributed by atoms with Crippen LogP contribution in [-0.4, -0.2) is 50.3 Å². The molecule has 4 rings (SSSR count). The summed E-state index contributed by atoms with van der Waals surface area (Å²) in [4.78, 5) is 2.63. The van der Waals surface area contributed by atoms with Gasteiger partial charge in [0.05, 0.1) is 18.3 Å². The van der Waals surface area contributed by atoms with Crippen LogP contribution in [0, 0.1) is 12.8 Å². The third-order valence-electron chi connectivity index (χ3n) is 7.05. The predicted molar refractivity (Wildman–Crippen MR) is 131 cm³/mol. The van der Waals surface area contributed by atoms with E-state index in [1.807, 2.05) is 7.05 Å². The molecule has 2 heterocycles. The number of ether oxygens (including phenoxy) is 2. The Morgan fingerprint density at radius 1 is 1.09 bits per heavy atom. The standard InChI is InChI=1S/C28H40N2O2/c1-20(2)31-28-21(3)10-11-24-25(28)18-26(32-27(24)19-29-4)23-13-16-30(17-14-23)15-12-22-8-6-5-7-9-22/h5-11,20,23,26-27,29H,12-19H2,1-4H3/t26-,27-/m0/s1. The van der Waals surface area contributed by atoms with Gasteiger partial charge in [0.15, 0.2) is 0 Å². The van der Waals surface area contributed by atoms with Gasteiger partial charge in [-0.3, -0.25) is 0 Å². The highest BCUT2D eigenvalue weighted by Crippen LogP contribution is 2.41. The zero-order chi connectivity index (χ0) is 22.5. The lowest BCUT2D eigenvalue weighted by Gasteiger charge is -2.41. The maximum absolute atomic E-state index is 6.72. The Kier molecular flexibility index (Phi) is 7.88. The van der Waals surface area contributed by atoms with Crippen molar-refractivity contribution in [2.75, 3.05) is 33.2 Å². The summed E-state index contributed by atoms with van der Waals surface area (Å²) in [6.07, 6.45) is 5.08. The first-order valence-corrected chi connectivity index (χ1v) is 12.4. The van der Waals surface area contributed by atoms with Crippen molar-refractivity contribution < 1.29 is 9.47 Å². The molecule has 2 atom stereocenters. The van der Waals surface area contributed by atoms with Crippen molar-refractivity contribution in [3.05, 3.63) is 64.7 Å². The fourth-order valence-electron chi connectivity index (χ4n) is 5.31. The van der Waals surface area contributed by atoms with Crippen LogP contribution in [0.5, 0.6) is 5.75 Å². The molecule has 0 bridgehead atoms. The summed E-state index contributed by atoms with van der Waals surface area (Å²) in [6.45, 7) is 10.7. The summed E-state index contributed by atoms with van der Waals surface area (Å²) in [7, 11) is 2.01. The van der Waals surface area contributed by atoms with E-state index in [1.54, 1.807) is 0 Å². The van der Waals surface area contributed by atoms with Gasteiger partial charge in [0, 0.05) is 25.1 Å². The van der Waals surface area contributed by atoms with Gasteiger partial charge in [-0.2, -0.15) is 0 Å². The van der Waals surface area contributed by atoms with Crippen molar-refractivity contribution in [2.45, 2.75) is 64.8 Å². The number of hydrogen-bond acceptors (Lipinski definition) is 4. The van der Waals surface area contributed by atoms with Gasteiger partial charge >= 0.3 is 0 Å². The summed E-state index contributed by atoms with van der Waals surface area (Å²) in [5, 5.41) is 3.34. The number of aryl methyl sites for hydroxylation is 1. The average Bonchev–Trinajstić information content (AvgIpc) is 2.80. The number of benzene rings is 2. The molecule has 32 heavy (non-hydrogen) atoms. The van der Waals surface area contributed by atoms with E-state index in [0.717, 1.165) is 31.7 Å². The second-order valence-corrected chi connectivity index (χ2v) is 9.79. The number of likely N-dealkylation sites (N-methyl/N-ethyl adjacent to an activating group) is 1. The number of nitrogens with one attached hydrogen (secondary N) is 1. The van der Waals surface area contributed by atoms with Crippen molar-refractivity contribution in [3.63, 3.8) is 0 Å².